The molecule has 1 rings (SSSR count). The topological polar surface area (TPSA) is 73.5 Å². The molecule has 0 fully saturated rings. The number of hydrogen-bond acceptors (Lipinski definition) is 4. The number of carbonyl (C=O) groups is 2. The molecule has 11 heavy (non-hydrogen) atoms. The summed E-state index contributed by atoms with van der Waals surface area (Å²) in [6, 6.07) is 1.68. The molecule has 5 heteroatoms. The van der Waals surface area contributed by atoms with Crippen LogP contribution in [0.1, 0.15) is 0 Å². The number of rotatable bonds is 1. The van der Waals surface area contributed by atoms with Gasteiger partial charge < -0.3 is 4.79 Å². The summed E-state index contributed by atoms with van der Waals surface area (Å²) in [4.78, 5) is 21.2. The minimum absolute atomic E-state index is 0.0347. The summed E-state index contributed by atoms with van der Waals surface area (Å²) in [6.45, 7) is 0. The molecule has 1 aliphatic rings. The second-order valence-corrected chi connectivity index (χ2v) is 2.07. The van der Waals surface area contributed by atoms with Crippen LogP contribution < -0.4 is 0 Å². The third-order valence-corrected chi connectivity index (χ3v) is 1.39. The first kappa shape index (κ1) is 7.41. The van der Waals surface area contributed by atoms with Gasteiger partial charge in [0, 0.05) is 7.05 Å². The van der Waals surface area contributed by atoms with E-state index in [1.807, 2.05) is 0 Å². The van der Waals surface area contributed by atoms with Crippen LogP contribution in [0, 0.1) is 17.2 Å². The van der Waals surface area contributed by atoms with E-state index in [2.05, 4.69) is 5.10 Å². The molecule has 0 spiro atoms. The second-order valence-electron chi connectivity index (χ2n) is 2.07. The number of nitrogens with zero attached hydrogens (tertiary/aromatic N) is 3. The predicted molar refractivity (Wildman–Crippen MR) is 35.4 cm³/mol. The zero-order valence-corrected chi connectivity index (χ0v) is 5.81. The predicted octanol–water partition coefficient (Wildman–Crippen LogP) is -0.847. The first-order chi connectivity index (χ1) is 5.20. The Morgan fingerprint density at radius 1 is 1.82 bits per heavy atom. The van der Waals surface area contributed by atoms with Gasteiger partial charge in [-0.3, -0.25) is 4.79 Å². The Bertz CT molecular complexity index is 276. The molecule has 0 saturated carbocycles. The Balaban J connectivity index is 2.98. The van der Waals surface area contributed by atoms with Gasteiger partial charge >= 0.3 is 0 Å². The van der Waals surface area contributed by atoms with Crippen molar-refractivity contribution in [1.82, 2.24) is 5.01 Å². The zero-order valence-electron chi connectivity index (χ0n) is 5.81. The zero-order chi connectivity index (χ0) is 8.43. The molecule has 1 amide bonds. The molecule has 0 aromatic heterocycles. The lowest BCUT2D eigenvalue weighted by molar-refractivity contribution is -0.132. The van der Waals surface area contributed by atoms with Gasteiger partial charge in [0.2, 0.25) is 0 Å². The Kier molecular flexibility index (Phi) is 1.68. The molecule has 1 heterocycles. The number of aldehydes is 1. The van der Waals surface area contributed by atoms with E-state index in [4.69, 9.17) is 5.26 Å². The van der Waals surface area contributed by atoms with E-state index in [0.29, 0.717) is 6.29 Å². The minimum atomic E-state index is -0.981. The van der Waals surface area contributed by atoms with Crippen molar-refractivity contribution in [2.75, 3.05) is 7.05 Å². The second kappa shape index (κ2) is 2.50. The van der Waals surface area contributed by atoms with E-state index in [1.165, 1.54) is 7.05 Å². The average molecular weight is 151 g/mol. The summed E-state index contributed by atoms with van der Waals surface area (Å²) >= 11 is 0. The number of carbonyl (C=O) groups excluding carboxylic acids is 2. The van der Waals surface area contributed by atoms with Gasteiger partial charge in [-0.1, -0.05) is 0 Å². The summed E-state index contributed by atoms with van der Waals surface area (Å²) in [7, 11) is 1.41. The highest BCUT2D eigenvalue weighted by Crippen LogP contribution is 2.10. The quantitative estimate of drug-likeness (QED) is 0.362. The fourth-order valence-electron chi connectivity index (χ4n) is 0.806. The highest BCUT2D eigenvalue weighted by molar-refractivity contribution is 6.23. The van der Waals surface area contributed by atoms with Crippen LogP contribution in [0.4, 0.5) is 0 Å². The number of hydrazone groups is 1. The van der Waals surface area contributed by atoms with Gasteiger partial charge in [0.15, 0.2) is 5.71 Å². The van der Waals surface area contributed by atoms with Gasteiger partial charge in [-0.2, -0.15) is 10.4 Å². The fourth-order valence-corrected chi connectivity index (χ4v) is 0.806. The Morgan fingerprint density at radius 2 is 2.45 bits per heavy atom. The third kappa shape index (κ3) is 0.984. The molecule has 0 aromatic rings. The third-order valence-electron chi connectivity index (χ3n) is 1.39. The van der Waals surface area contributed by atoms with E-state index < -0.39 is 11.8 Å². The standard InChI is InChI=1S/C6H5N3O2/c1-9-6(11)4(3-10)5(2-7)8-9/h3-4H,1H3. The number of amides is 1. The molecule has 0 radical (unpaired) electrons. The van der Waals surface area contributed by atoms with Crippen LogP contribution >= 0.6 is 0 Å². The van der Waals surface area contributed by atoms with Gasteiger partial charge in [0.25, 0.3) is 5.91 Å². The summed E-state index contributed by atoms with van der Waals surface area (Å²) in [6.07, 6.45) is 0.424. The van der Waals surface area contributed by atoms with Gasteiger partial charge in [0.05, 0.1) is 0 Å². The molecule has 0 saturated heterocycles. The van der Waals surface area contributed by atoms with Crippen molar-refractivity contribution in [2.45, 2.75) is 0 Å². The molecule has 1 unspecified atom stereocenters. The van der Waals surface area contributed by atoms with E-state index in [0.717, 1.165) is 5.01 Å². The first-order valence-electron chi connectivity index (χ1n) is 2.92. The molecule has 0 aromatic carbocycles. The molecule has 5 nitrogen and oxygen atoms in total. The smallest absolute Gasteiger partial charge is 0.259 e. The van der Waals surface area contributed by atoms with Crippen molar-refractivity contribution in [3.63, 3.8) is 0 Å². The molecule has 1 aliphatic heterocycles. The van der Waals surface area contributed by atoms with Gasteiger partial charge in [-0.05, 0) is 0 Å². The van der Waals surface area contributed by atoms with E-state index in [1.54, 1.807) is 6.07 Å². The molecular formula is C6H5N3O2. The van der Waals surface area contributed by atoms with Crippen LogP contribution in [-0.2, 0) is 9.59 Å². The van der Waals surface area contributed by atoms with Crippen LogP contribution in [0.15, 0.2) is 5.10 Å². The molecule has 0 aliphatic carbocycles. The van der Waals surface area contributed by atoms with Gasteiger partial charge in [-0.15, -0.1) is 0 Å². The molecule has 0 bridgehead atoms. The van der Waals surface area contributed by atoms with Crippen molar-refractivity contribution in [1.29, 1.82) is 5.26 Å². The Labute approximate surface area is 62.9 Å². The van der Waals surface area contributed by atoms with Crippen molar-refractivity contribution in [3.05, 3.63) is 0 Å². The minimum Gasteiger partial charge on any atom is -0.302 e. The van der Waals surface area contributed by atoms with E-state index >= 15 is 0 Å². The highest BCUT2D eigenvalue weighted by Gasteiger charge is 2.33. The largest absolute Gasteiger partial charge is 0.302 e. The highest BCUT2D eigenvalue weighted by atomic mass is 16.2. The Morgan fingerprint density at radius 3 is 2.82 bits per heavy atom. The van der Waals surface area contributed by atoms with E-state index in [9.17, 15) is 9.59 Å². The average Bonchev–Trinajstić information content (AvgIpc) is 2.28. The van der Waals surface area contributed by atoms with Crippen molar-refractivity contribution in [2.24, 2.45) is 11.0 Å². The summed E-state index contributed by atoms with van der Waals surface area (Å²) in [5.41, 5.74) is -0.0347. The summed E-state index contributed by atoms with van der Waals surface area (Å²) in [5.74, 6) is -1.43. The lowest BCUT2D eigenvalue weighted by Gasteiger charge is -2.01. The van der Waals surface area contributed by atoms with E-state index in [-0.39, 0.29) is 5.71 Å². The SMILES string of the molecule is CN1N=C(C#N)C(C=O)C1=O. The van der Waals surface area contributed by atoms with Crippen molar-refractivity contribution < 1.29 is 9.59 Å². The maximum atomic E-state index is 10.9. The first-order valence-corrected chi connectivity index (χ1v) is 2.92. The van der Waals surface area contributed by atoms with Gasteiger partial charge in [-0.25, -0.2) is 5.01 Å². The van der Waals surface area contributed by atoms with Crippen LogP contribution in [0.25, 0.3) is 0 Å². The fraction of sp³-hybridized carbons (Fsp3) is 0.333. The molecule has 0 N–H and O–H groups in total. The molecule has 56 valence electrons. The Hall–Kier alpha value is -1.70. The van der Waals surface area contributed by atoms with Crippen LogP contribution in [0.3, 0.4) is 0 Å². The number of nitriles is 1. The maximum Gasteiger partial charge on any atom is 0.259 e. The van der Waals surface area contributed by atoms with Crippen molar-refractivity contribution in [3.8, 4) is 6.07 Å². The van der Waals surface area contributed by atoms with Crippen LogP contribution in [0.2, 0.25) is 0 Å². The maximum absolute atomic E-state index is 10.9. The molecule has 1 atom stereocenters. The summed E-state index contributed by atoms with van der Waals surface area (Å²) < 4.78 is 0. The lowest BCUT2D eigenvalue weighted by Crippen LogP contribution is -2.25. The molecular weight excluding hydrogens is 146 g/mol. The van der Waals surface area contributed by atoms with Crippen LogP contribution in [-0.4, -0.2) is 30.0 Å². The summed E-state index contributed by atoms with van der Waals surface area (Å²) in [5, 5.41) is 12.9. The van der Waals surface area contributed by atoms with Gasteiger partial charge in [0.1, 0.15) is 18.3 Å². The normalized spacial score (nSPS) is 22.9. The monoisotopic (exact) mass is 151 g/mol. The number of hydrogen-bond donors (Lipinski definition) is 0. The van der Waals surface area contributed by atoms with Crippen LogP contribution in [0.5, 0.6) is 0 Å². The lowest BCUT2D eigenvalue weighted by atomic mass is 10.1. The van der Waals surface area contributed by atoms with Crippen molar-refractivity contribution >= 4 is 17.9 Å².